The highest BCUT2D eigenvalue weighted by Gasteiger charge is 2.16. The molecule has 5 N–H and O–H groups in total. The van der Waals surface area contributed by atoms with Crippen molar-refractivity contribution >= 4 is 21.5 Å². The third-order valence-electron chi connectivity index (χ3n) is 2.67. The maximum absolute atomic E-state index is 12.1. The number of nitrogens with one attached hydrogen (secondary N) is 2. The first-order valence-corrected chi connectivity index (χ1v) is 7.02. The fourth-order valence-electron chi connectivity index (χ4n) is 1.54. The minimum absolute atomic E-state index is 0.0195. The van der Waals surface area contributed by atoms with Crippen LogP contribution in [0.5, 0.6) is 0 Å². The van der Waals surface area contributed by atoms with E-state index in [0.717, 1.165) is 0 Å². The molecule has 0 atom stereocenters. The van der Waals surface area contributed by atoms with Crippen LogP contribution in [-0.4, -0.2) is 29.7 Å². The number of H-pyrrole nitrogens is 1. The maximum Gasteiger partial charge on any atom is 0.265 e. The van der Waals surface area contributed by atoms with Gasteiger partial charge in [-0.1, -0.05) is 17.3 Å². The second kappa shape index (κ2) is 5.21. The molecule has 106 valence electrons. The zero-order valence-electron chi connectivity index (χ0n) is 10.5. The summed E-state index contributed by atoms with van der Waals surface area (Å²) in [5, 5.41) is 17.6. The highest BCUT2D eigenvalue weighted by molar-refractivity contribution is 7.92. The molecule has 0 saturated heterocycles. The van der Waals surface area contributed by atoms with Gasteiger partial charge in [-0.3, -0.25) is 9.82 Å². The molecule has 0 unspecified atom stereocenters. The number of aromatic nitrogens is 2. The molecule has 0 aliphatic rings. The van der Waals surface area contributed by atoms with Crippen LogP contribution in [0.15, 0.2) is 40.6 Å². The van der Waals surface area contributed by atoms with Gasteiger partial charge < -0.3 is 10.9 Å². The highest BCUT2D eigenvalue weighted by atomic mass is 32.2. The van der Waals surface area contributed by atoms with Gasteiger partial charge in [0, 0.05) is 11.8 Å². The first-order chi connectivity index (χ1) is 9.44. The van der Waals surface area contributed by atoms with E-state index in [9.17, 15) is 8.42 Å². The Bertz CT molecular complexity index is 737. The summed E-state index contributed by atoms with van der Waals surface area (Å²) in [5.41, 5.74) is 6.93. The van der Waals surface area contributed by atoms with Crippen molar-refractivity contribution in [2.45, 2.75) is 11.8 Å². The summed E-state index contributed by atoms with van der Waals surface area (Å²) in [5.74, 6) is -0.103. The first kappa shape index (κ1) is 13.9. The van der Waals surface area contributed by atoms with Crippen LogP contribution >= 0.6 is 0 Å². The second-order valence-electron chi connectivity index (χ2n) is 4.05. The lowest BCUT2D eigenvalue weighted by Gasteiger charge is -2.10. The number of sulfonamides is 1. The third kappa shape index (κ3) is 2.72. The predicted octanol–water partition coefficient (Wildman–Crippen LogP) is 0.613. The van der Waals surface area contributed by atoms with Gasteiger partial charge in [0.15, 0.2) is 5.84 Å². The van der Waals surface area contributed by atoms with Gasteiger partial charge >= 0.3 is 0 Å². The predicted molar refractivity (Wildman–Crippen MR) is 73.1 cm³/mol. The van der Waals surface area contributed by atoms with Crippen LogP contribution < -0.4 is 10.5 Å². The van der Waals surface area contributed by atoms with Gasteiger partial charge in [-0.2, -0.15) is 5.10 Å². The minimum atomic E-state index is -3.73. The van der Waals surface area contributed by atoms with E-state index < -0.39 is 10.0 Å². The number of rotatable bonds is 4. The van der Waals surface area contributed by atoms with Gasteiger partial charge in [-0.25, -0.2) is 8.42 Å². The highest BCUT2D eigenvalue weighted by Crippen LogP contribution is 2.20. The summed E-state index contributed by atoms with van der Waals surface area (Å²) < 4.78 is 26.6. The maximum atomic E-state index is 12.1. The normalized spacial score (nSPS) is 12.3. The van der Waals surface area contributed by atoms with Gasteiger partial charge in [0.25, 0.3) is 10.0 Å². The second-order valence-corrected chi connectivity index (χ2v) is 5.74. The van der Waals surface area contributed by atoms with Gasteiger partial charge in [-0.15, -0.1) is 0 Å². The van der Waals surface area contributed by atoms with Gasteiger partial charge in [0.05, 0.1) is 11.9 Å². The van der Waals surface area contributed by atoms with E-state index in [4.69, 9.17) is 10.9 Å². The van der Waals surface area contributed by atoms with Crippen molar-refractivity contribution < 1.29 is 13.6 Å². The van der Waals surface area contributed by atoms with Crippen LogP contribution in [-0.2, 0) is 10.0 Å². The van der Waals surface area contributed by atoms with Crippen LogP contribution in [0.2, 0.25) is 0 Å². The largest absolute Gasteiger partial charge is 0.409 e. The molecular weight excluding hydrogens is 282 g/mol. The number of aryl methyl sites for hydroxylation is 1. The Balaban J connectivity index is 2.39. The Morgan fingerprint density at radius 2 is 2.25 bits per heavy atom. The number of anilines is 1. The molecule has 0 amide bonds. The molecule has 0 aliphatic heterocycles. The van der Waals surface area contributed by atoms with E-state index >= 15 is 0 Å². The van der Waals surface area contributed by atoms with Crippen molar-refractivity contribution in [3.8, 4) is 0 Å². The topological polar surface area (TPSA) is 133 Å². The summed E-state index contributed by atoms with van der Waals surface area (Å²) in [4.78, 5) is 0.0195. The molecule has 2 aromatic rings. The van der Waals surface area contributed by atoms with Crippen molar-refractivity contribution in [3.63, 3.8) is 0 Å². The smallest absolute Gasteiger partial charge is 0.265 e. The lowest BCUT2D eigenvalue weighted by atomic mass is 10.1. The molecule has 0 saturated carbocycles. The van der Waals surface area contributed by atoms with Crippen molar-refractivity contribution in [1.29, 1.82) is 0 Å². The summed E-state index contributed by atoms with van der Waals surface area (Å²) in [7, 11) is -3.73. The molecule has 0 spiro atoms. The molecule has 8 nitrogen and oxygen atoms in total. The summed E-state index contributed by atoms with van der Waals surface area (Å²) in [6.07, 6.45) is 2.47. The van der Waals surface area contributed by atoms with Gasteiger partial charge in [-0.05, 0) is 18.6 Å². The van der Waals surface area contributed by atoms with Gasteiger partial charge in [0.2, 0.25) is 0 Å². The SMILES string of the molecule is Cc1ccc(C(N)=NO)cc1NS(=O)(=O)c1cn[nH]c1. The molecule has 1 aromatic heterocycles. The van der Waals surface area contributed by atoms with E-state index in [0.29, 0.717) is 16.8 Å². The van der Waals surface area contributed by atoms with Crippen LogP contribution in [0.4, 0.5) is 5.69 Å². The molecule has 2 rings (SSSR count). The van der Waals surface area contributed by atoms with Gasteiger partial charge in [0.1, 0.15) is 4.90 Å². The number of nitrogens with two attached hydrogens (primary N) is 1. The number of benzene rings is 1. The van der Waals surface area contributed by atoms with Crippen LogP contribution in [0.1, 0.15) is 11.1 Å². The van der Waals surface area contributed by atoms with Crippen LogP contribution in [0, 0.1) is 6.92 Å². The number of hydrogen-bond acceptors (Lipinski definition) is 5. The first-order valence-electron chi connectivity index (χ1n) is 5.54. The quantitative estimate of drug-likeness (QED) is 0.284. The molecule has 9 heteroatoms. The van der Waals surface area contributed by atoms with Crippen molar-refractivity contribution in [2.24, 2.45) is 10.9 Å². The molecule has 20 heavy (non-hydrogen) atoms. The average Bonchev–Trinajstić information content (AvgIpc) is 2.95. The van der Waals surface area contributed by atoms with Crippen LogP contribution in [0.3, 0.4) is 0 Å². The van der Waals surface area contributed by atoms with Crippen LogP contribution in [0.25, 0.3) is 0 Å². The Labute approximate surface area is 115 Å². The Morgan fingerprint density at radius 3 is 2.85 bits per heavy atom. The monoisotopic (exact) mass is 295 g/mol. The van der Waals surface area contributed by atoms with E-state index in [1.165, 1.54) is 18.5 Å². The Morgan fingerprint density at radius 1 is 1.50 bits per heavy atom. The molecule has 0 bridgehead atoms. The molecule has 0 fully saturated rings. The zero-order valence-corrected chi connectivity index (χ0v) is 11.3. The standard InChI is InChI=1S/C11H13N5O3S/c1-7-2-3-8(11(12)15-17)4-10(7)16-20(18,19)9-5-13-14-6-9/h2-6,16-17H,1H3,(H2,12,15)(H,13,14). The fraction of sp³-hybridized carbons (Fsp3) is 0.0909. The fourth-order valence-corrected chi connectivity index (χ4v) is 2.57. The van der Waals surface area contributed by atoms with Crippen molar-refractivity contribution in [3.05, 3.63) is 41.7 Å². The molecule has 0 aliphatic carbocycles. The minimum Gasteiger partial charge on any atom is -0.409 e. The average molecular weight is 295 g/mol. The summed E-state index contributed by atoms with van der Waals surface area (Å²) >= 11 is 0. The number of aromatic amines is 1. The Kier molecular flexibility index (Phi) is 3.61. The molecule has 1 heterocycles. The van der Waals surface area contributed by atoms with E-state index in [1.54, 1.807) is 19.1 Å². The summed E-state index contributed by atoms with van der Waals surface area (Å²) in [6.45, 7) is 1.74. The zero-order chi connectivity index (χ0) is 14.8. The number of hydrogen-bond donors (Lipinski definition) is 4. The third-order valence-corrected chi connectivity index (χ3v) is 4.00. The summed E-state index contributed by atoms with van der Waals surface area (Å²) in [6, 6.07) is 4.78. The van der Waals surface area contributed by atoms with E-state index in [-0.39, 0.29) is 10.7 Å². The molecule has 0 radical (unpaired) electrons. The lowest BCUT2D eigenvalue weighted by Crippen LogP contribution is -2.16. The number of amidine groups is 1. The molecular formula is C11H13N5O3S. The van der Waals surface area contributed by atoms with Crippen molar-refractivity contribution in [1.82, 2.24) is 10.2 Å². The number of oxime groups is 1. The Hall–Kier alpha value is -2.55. The number of nitrogens with zero attached hydrogens (tertiary/aromatic N) is 2. The van der Waals surface area contributed by atoms with Crippen molar-refractivity contribution in [2.75, 3.05) is 4.72 Å². The lowest BCUT2D eigenvalue weighted by molar-refractivity contribution is 0.318. The van der Waals surface area contributed by atoms with E-state index in [1.807, 2.05) is 0 Å². The van der Waals surface area contributed by atoms with E-state index in [2.05, 4.69) is 20.1 Å². The molecule has 1 aromatic carbocycles.